The molecule has 3 rings (SSSR count). The van der Waals surface area contributed by atoms with Crippen LogP contribution in [0.2, 0.25) is 0 Å². The normalized spacial score (nSPS) is 15.5. The molecule has 1 aromatic carbocycles. The van der Waals surface area contributed by atoms with Gasteiger partial charge < -0.3 is 5.32 Å². The van der Waals surface area contributed by atoms with Crippen LogP contribution < -0.4 is 11.0 Å². The molecule has 0 atom stereocenters. The Morgan fingerprint density at radius 1 is 1.23 bits per heavy atom. The quantitative estimate of drug-likeness (QED) is 0.576. The number of carbonyl (C=O) groups is 1. The number of amides is 1. The number of aromatic nitrogens is 3. The molecule has 2 N–H and O–H groups in total. The Bertz CT molecular complexity index is 1070. The number of nitrogens with one attached hydrogen (secondary N) is 2. The molecule has 0 aliphatic carbocycles. The average molecular weight is 468 g/mol. The van der Waals surface area contributed by atoms with Gasteiger partial charge in [0.1, 0.15) is 0 Å². The lowest BCUT2D eigenvalue weighted by molar-refractivity contribution is -0.113. The molecule has 1 aromatic heterocycles. The lowest BCUT2D eigenvalue weighted by Crippen LogP contribution is -2.32. The maximum Gasteiger partial charge on any atom is 0.343 e. The molecular formula is C20H29N5O4S2. The first kappa shape index (κ1) is 23.6. The van der Waals surface area contributed by atoms with E-state index in [1.807, 2.05) is 6.92 Å². The summed E-state index contributed by atoms with van der Waals surface area (Å²) in [5, 5.41) is 9.56. The van der Waals surface area contributed by atoms with E-state index in [4.69, 9.17) is 0 Å². The number of anilines is 1. The van der Waals surface area contributed by atoms with E-state index in [2.05, 4.69) is 15.5 Å². The van der Waals surface area contributed by atoms with Crippen LogP contribution in [-0.4, -0.2) is 52.2 Å². The number of nitrogens with zero attached hydrogens (tertiary/aromatic N) is 3. The van der Waals surface area contributed by atoms with Crippen molar-refractivity contribution in [3.63, 3.8) is 0 Å². The third-order valence-electron chi connectivity index (χ3n) is 5.16. The minimum Gasteiger partial charge on any atom is -0.325 e. The summed E-state index contributed by atoms with van der Waals surface area (Å²) in [6.07, 6.45) is 4.59. The largest absolute Gasteiger partial charge is 0.343 e. The van der Waals surface area contributed by atoms with Crippen molar-refractivity contribution in [1.82, 2.24) is 19.1 Å². The van der Waals surface area contributed by atoms with Gasteiger partial charge in [-0.25, -0.2) is 18.3 Å². The highest BCUT2D eigenvalue weighted by atomic mass is 32.2. The SMILES string of the molecule is CCCn1c(SCC(=O)Nc2ccc(C)c(S(=O)(=O)N3CCCCCC3)c2)n[nH]c1=O. The van der Waals surface area contributed by atoms with Crippen molar-refractivity contribution < 1.29 is 13.2 Å². The zero-order valence-corrected chi connectivity index (χ0v) is 19.5. The van der Waals surface area contributed by atoms with Gasteiger partial charge in [-0.3, -0.25) is 9.36 Å². The van der Waals surface area contributed by atoms with E-state index in [-0.39, 0.29) is 22.2 Å². The maximum atomic E-state index is 13.2. The van der Waals surface area contributed by atoms with Gasteiger partial charge in [0.05, 0.1) is 10.6 Å². The summed E-state index contributed by atoms with van der Waals surface area (Å²) < 4.78 is 29.4. The first-order valence-corrected chi connectivity index (χ1v) is 12.9. The summed E-state index contributed by atoms with van der Waals surface area (Å²) >= 11 is 1.16. The first-order valence-electron chi connectivity index (χ1n) is 10.5. The zero-order chi connectivity index (χ0) is 22.4. The number of carbonyl (C=O) groups excluding carboxylic acids is 1. The Morgan fingerprint density at radius 3 is 2.61 bits per heavy atom. The molecule has 9 nitrogen and oxygen atoms in total. The van der Waals surface area contributed by atoms with E-state index in [0.717, 1.165) is 43.9 Å². The van der Waals surface area contributed by atoms with Crippen molar-refractivity contribution in [3.8, 4) is 0 Å². The van der Waals surface area contributed by atoms with E-state index in [9.17, 15) is 18.0 Å². The van der Waals surface area contributed by atoms with E-state index in [1.54, 1.807) is 23.4 Å². The Balaban J connectivity index is 1.70. The van der Waals surface area contributed by atoms with E-state index in [1.165, 1.54) is 10.6 Å². The number of hydrogen-bond acceptors (Lipinski definition) is 6. The maximum absolute atomic E-state index is 13.2. The van der Waals surface area contributed by atoms with Crippen molar-refractivity contribution in [2.45, 2.75) is 62.5 Å². The third-order valence-corrected chi connectivity index (χ3v) is 8.17. The number of sulfonamides is 1. The number of hydrogen-bond donors (Lipinski definition) is 2. The van der Waals surface area contributed by atoms with E-state index in [0.29, 0.717) is 36.0 Å². The van der Waals surface area contributed by atoms with Gasteiger partial charge in [0, 0.05) is 25.3 Å². The molecule has 1 aliphatic rings. The lowest BCUT2D eigenvalue weighted by atomic mass is 10.2. The van der Waals surface area contributed by atoms with Crippen LogP contribution in [0.1, 0.15) is 44.6 Å². The number of thioether (sulfide) groups is 1. The molecule has 11 heteroatoms. The number of aryl methyl sites for hydroxylation is 1. The minimum atomic E-state index is -3.61. The summed E-state index contributed by atoms with van der Waals surface area (Å²) in [5.41, 5.74) is 0.779. The van der Waals surface area contributed by atoms with Crippen molar-refractivity contribution in [2.75, 3.05) is 24.2 Å². The summed E-state index contributed by atoms with van der Waals surface area (Å²) in [7, 11) is -3.61. The second-order valence-electron chi connectivity index (χ2n) is 7.60. The molecule has 1 saturated heterocycles. The van der Waals surface area contributed by atoms with Gasteiger partial charge >= 0.3 is 5.69 Å². The van der Waals surface area contributed by atoms with Gasteiger partial charge in [0.2, 0.25) is 15.9 Å². The van der Waals surface area contributed by atoms with Crippen LogP contribution in [0.5, 0.6) is 0 Å². The minimum absolute atomic E-state index is 0.0517. The van der Waals surface area contributed by atoms with Crippen LogP contribution in [0.4, 0.5) is 5.69 Å². The highest BCUT2D eigenvalue weighted by molar-refractivity contribution is 7.99. The molecule has 0 unspecified atom stereocenters. The molecule has 0 radical (unpaired) electrons. The van der Waals surface area contributed by atoms with Gasteiger partial charge in [-0.1, -0.05) is 37.6 Å². The Morgan fingerprint density at radius 2 is 1.94 bits per heavy atom. The number of aromatic amines is 1. The second kappa shape index (κ2) is 10.5. The van der Waals surface area contributed by atoms with Crippen LogP contribution >= 0.6 is 11.8 Å². The van der Waals surface area contributed by atoms with E-state index >= 15 is 0 Å². The molecule has 0 spiro atoms. The van der Waals surface area contributed by atoms with Crippen molar-refractivity contribution in [1.29, 1.82) is 0 Å². The first-order chi connectivity index (χ1) is 14.8. The lowest BCUT2D eigenvalue weighted by Gasteiger charge is -2.21. The predicted octanol–water partition coefficient (Wildman–Crippen LogP) is 2.59. The molecule has 31 heavy (non-hydrogen) atoms. The fraction of sp³-hybridized carbons (Fsp3) is 0.550. The van der Waals surface area contributed by atoms with Crippen molar-refractivity contribution in [2.24, 2.45) is 0 Å². The fourth-order valence-corrected chi connectivity index (χ4v) is 6.08. The van der Waals surface area contributed by atoms with Crippen molar-refractivity contribution in [3.05, 3.63) is 34.2 Å². The molecule has 1 amide bonds. The molecule has 170 valence electrons. The molecule has 0 saturated carbocycles. The number of benzene rings is 1. The number of rotatable bonds is 8. The molecule has 2 heterocycles. The highest BCUT2D eigenvalue weighted by Gasteiger charge is 2.27. The molecule has 1 aliphatic heterocycles. The Kier molecular flexibility index (Phi) is 7.95. The predicted molar refractivity (Wildman–Crippen MR) is 121 cm³/mol. The molecular weight excluding hydrogens is 438 g/mol. The van der Waals surface area contributed by atoms with Gasteiger partial charge in [-0.2, -0.15) is 4.31 Å². The molecule has 0 bridgehead atoms. The second-order valence-corrected chi connectivity index (χ2v) is 10.4. The summed E-state index contributed by atoms with van der Waals surface area (Å²) in [6.45, 7) is 5.29. The third kappa shape index (κ3) is 5.78. The monoisotopic (exact) mass is 467 g/mol. The fourth-order valence-electron chi connectivity index (χ4n) is 3.54. The van der Waals surface area contributed by atoms with Crippen molar-refractivity contribution >= 4 is 33.4 Å². The zero-order valence-electron chi connectivity index (χ0n) is 17.9. The van der Waals surface area contributed by atoms with Crippen LogP contribution in [0, 0.1) is 6.92 Å². The van der Waals surface area contributed by atoms with Gasteiger partial charge in [0.25, 0.3) is 0 Å². The Labute approximate surface area is 186 Å². The highest BCUT2D eigenvalue weighted by Crippen LogP contribution is 2.26. The van der Waals surface area contributed by atoms with Gasteiger partial charge in [-0.15, -0.1) is 5.10 Å². The summed E-state index contributed by atoms with van der Waals surface area (Å²) in [5.74, 6) is -0.249. The topological polar surface area (TPSA) is 117 Å². The van der Waals surface area contributed by atoms with Gasteiger partial charge in [-0.05, 0) is 43.9 Å². The van der Waals surface area contributed by atoms with Crippen LogP contribution in [0.15, 0.2) is 33.0 Å². The summed E-state index contributed by atoms with van der Waals surface area (Å²) in [4.78, 5) is 24.4. The Hall–Kier alpha value is -2.11. The number of H-pyrrole nitrogens is 1. The summed E-state index contributed by atoms with van der Waals surface area (Å²) in [6, 6.07) is 4.93. The molecule has 2 aromatic rings. The standard InChI is InChI=1S/C20H29N5O4S2/c1-3-10-25-19(27)22-23-20(25)30-14-18(26)21-16-9-8-15(2)17(13-16)31(28,29)24-11-6-4-5-7-12-24/h8-9,13H,3-7,10-12,14H2,1-2H3,(H,21,26)(H,22,27). The average Bonchev–Trinajstić information content (AvgIpc) is 2.93. The molecule has 1 fully saturated rings. The van der Waals surface area contributed by atoms with E-state index < -0.39 is 10.0 Å². The smallest absolute Gasteiger partial charge is 0.325 e. The van der Waals surface area contributed by atoms with Crippen LogP contribution in [0.25, 0.3) is 0 Å². The van der Waals surface area contributed by atoms with Gasteiger partial charge in [0.15, 0.2) is 5.16 Å². The van der Waals surface area contributed by atoms with Crippen LogP contribution in [-0.2, 0) is 21.4 Å². The van der Waals surface area contributed by atoms with Crippen LogP contribution in [0.3, 0.4) is 0 Å².